The lowest BCUT2D eigenvalue weighted by Gasteiger charge is -2.23. The van der Waals surface area contributed by atoms with Gasteiger partial charge in [-0.1, -0.05) is 23.5 Å². The maximum Gasteiger partial charge on any atom is 0.279 e. The van der Waals surface area contributed by atoms with Crippen LogP contribution in [0.2, 0.25) is 0 Å². The number of carbonyl (C=O) groups is 1. The summed E-state index contributed by atoms with van der Waals surface area (Å²) in [6.45, 7) is 3.77. The van der Waals surface area contributed by atoms with Gasteiger partial charge in [-0.2, -0.15) is 0 Å². The fourth-order valence-corrected chi connectivity index (χ4v) is 3.07. The molecule has 0 N–H and O–H groups in total. The minimum absolute atomic E-state index is 0.0756. The van der Waals surface area contributed by atoms with Gasteiger partial charge < -0.3 is 9.80 Å². The predicted octanol–water partition coefficient (Wildman–Crippen LogP) is 2.27. The summed E-state index contributed by atoms with van der Waals surface area (Å²) in [7, 11) is 2.06. The highest BCUT2D eigenvalue weighted by molar-refractivity contribution is 7.03. The van der Waals surface area contributed by atoms with Crippen LogP contribution < -0.4 is 9.80 Å². The first-order valence-corrected chi connectivity index (χ1v) is 7.39. The largest absolute Gasteiger partial charge is 0.373 e. The van der Waals surface area contributed by atoms with Crippen LogP contribution in [0, 0.1) is 5.92 Å². The van der Waals surface area contributed by atoms with Crippen LogP contribution in [-0.4, -0.2) is 35.6 Å². The standard InChI is InChI=1S/C14H16N4OS/c1-10-7-17(2)12-5-3-4-6-13(12)18(8-10)14(19)11-9-20-16-15-11/h3-6,9-10H,7-8H2,1-2H3/t10-/m0/s1. The highest BCUT2D eigenvalue weighted by Gasteiger charge is 2.28. The zero-order chi connectivity index (χ0) is 14.1. The summed E-state index contributed by atoms with van der Waals surface area (Å²) >= 11 is 1.20. The number of amides is 1. The highest BCUT2D eigenvalue weighted by Crippen LogP contribution is 2.33. The number of hydrogen-bond donors (Lipinski definition) is 0. The fraction of sp³-hybridized carbons (Fsp3) is 0.357. The molecule has 0 saturated carbocycles. The van der Waals surface area contributed by atoms with Crippen molar-refractivity contribution < 1.29 is 4.79 Å². The van der Waals surface area contributed by atoms with Gasteiger partial charge >= 0.3 is 0 Å². The molecule has 0 unspecified atom stereocenters. The topological polar surface area (TPSA) is 49.3 Å². The number of para-hydroxylation sites is 2. The first-order chi connectivity index (χ1) is 9.66. The summed E-state index contributed by atoms with van der Waals surface area (Å²) in [6, 6.07) is 8.00. The third-order valence-corrected chi connectivity index (χ3v) is 3.99. The summed E-state index contributed by atoms with van der Waals surface area (Å²) in [5, 5.41) is 5.60. The van der Waals surface area contributed by atoms with E-state index in [9.17, 15) is 4.79 Å². The average Bonchev–Trinajstić information content (AvgIpc) is 2.94. The van der Waals surface area contributed by atoms with Gasteiger partial charge in [0.15, 0.2) is 5.69 Å². The molecule has 0 radical (unpaired) electrons. The van der Waals surface area contributed by atoms with Gasteiger partial charge in [-0.05, 0) is 29.6 Å². The molecule has 1 aromatic carbocycles. The number of hydrogen-bond acceptors (Lipinski definition) is 5. The molecule has 1 amide bonds. The van der Waals surface area contributed by atoms with Gasteiger partial charge in [0.2, 0.25) is 0 Å². The van der Waals surface area contributed by atoms with Crippen molar-refractivity contribution in [3.05, 3.63) is 35.3 Å². The maximum atomic E-state index is 12.6. The number of aromatic nitrogens is 2. The molecule has 1 aromatic heterocycles. The molecule has 1 atom stereocenters. The van der Waals surface area contributed by atoms with Crippen LogP contribution in [0.4, 0.5) is 11.4 Å². The lowest BCUT2D eigenvalue weighted by molar-refractivity contribution is 0.0979. The molecule has 0 saturated heterocycles. The minimum atomic E-state index is -0.0756. The zero-order valence-electron chi connectivity index (χ0n) is 11.5. The van der Waals surface area contributed by atoms with Gasteiger partial charge in [0.05, 0.1) is 11.4 Å². The highest BCUT2D eigenvalue weighted by atomic mass is 32.1. The van der Waals surface area contributed by atoms with Crippen LogP contribution in [-0.2, 0) is 0 Å². The number of nitrogens with zero attached hydrogens (tertiary/aromatic N) is 4. The fourth-order valence-electron chi connectivity index (χ4n) is 2.64. The Morgan fingerprint density at radius 1 is 1.30 bits per heavy atom. The van der Waals surface area contributed by atoms with Gasteiger partial charge in [-0.25, -0.2) is 0 Å². The molecule has 104 valence electrons. The van der Waals surface area contributed by atoms with Gasteiger partial charge in [0.1, 0.15) is 0 Å². The Kier molecular flexibility index (Phi) is 3.40. The number of anilines is 2. The predicted molar refractivity (Wildman–Crippen MR) is 80.5 cm³/mol. The summed E-state index contributed by atoms with van der Waals surface area (Å²) in [4.78, 5) is 16.7. The maximum absolute atomic E-state index is 12.6. The first kappa shape index (κ1) is 13.1. The van der Waals surface area contributed by atoms with Crippen molar-refractivity contribution in [1.29, 1.82) is 0 Å². The van der Waals surface area contributed by atoms with Crippen LogP contribution in [0.25, 0.3) is 0 Å². The summed E-state index contributed by atoms with van der Waals surface area (Å²) in [6.07, 6.45) is 0. The third kappa shape index (κ3) is 2.27. The van der Waals surface area contributed by atoms with E-state index < -0.39 is 0 Å². The quantitative estimate of drug-likeness (QED) is 0.807. The van der Waals surface area contributed by atoms with E-state index in [1.807, 2.05) is 29.2 Å². The molecule has 5 nitrogen and oxygen atoms in total. The van der Waals surface area contributed by atoms with E-state index in [4.69, 9.17) is 0 Å². The number of rotatable bonds is 1. The van der Waals surface area contributed by atoms with Crippen LogP contribution in [0.5, 0.6) is 0 Å². The summed E-state index contributed by atoms with van der Waals surface area (Å²) in [5.74, 6) is 0.316. The summed E-state index contributed by atoms with van der Waals surface area (Å²) < 4.78 is 3.79. The number of benzene rings is 1. The van der Waals surface area contributed by atoms with Crippen molar-refractivity contribution in [2.45, 2.75) is 6.92 Å². The lowest BCUT2D eigenvalue weighted by Crippen LogP contribution is -2.35. The van der Waals surface area contributed by atoms with Gasteiger partial charge in [-0.15, -0.1) is 5.10 Å². The SMILES string of the molecule is C[C@H]1CN(C)c2ccccc2N(C(=O)c2csnn2)C1. The Morgan fingerprint density at radius 2 is 2.05 bits per heavy atom. The van der Waals surface area contributed by atoms with E-state index in [0.29, 0.717) is 18.2 Å². The Labute approximate surface area is 122 Å². The van der Waals surface area contributed by atoms with E-state index >= 15 is 0 Å². The molecule has 6 heteroatoms. The molecule has 0 bridgehead atoms. The molecule has 0 aliphatic carbocycles. The molecule has 1 aliphatic rings. The molecular weight excluding hydrogens is 272 g/mol. The van der Waals surface area contributed by atoms with Crippen molar-refractivity contribution in [1.82, 2.24) is 9.59 Å². The van der Waals surface area contributed by atoms with Gasteiger partial charge in [0, 0.05) is 25.5 Å². The first-order valence-electron chi connectivity index (χ1n) is 6.56. The Bertz CT molecular complexity index is 613. The molecule has 2 heterocycles. The molecule has 0 fully saturated rings. The van der Waals surface area contributed by atoms with E-state index in [1.54, 1.807) is 5.38 Å². The number of carbonyl (C=O) groups excluding carboxylic acids is 1. The van der Waals surface area contributed by atoms with E-state index in [2.05, 4.69) is 28.5 Å². The van der Waals surface area contributed by atoms with Crippen LogP contribution in [0.3, 0.4) is 0 Å². The second-order valence-electron chi connectivity index (χ2n) is 5.18. The van der Waals surface area contributed by atoms with Crippen LogP contribution >= 0.6 is 11.5 Å². The molecule has 3 rings (SSSR count). The van der Waals surface area contributed by atoms with E-state index in [0.717, 1.165) is 17.9 Å². The van der Waals surface area contributed by atoms with Gasteiger partial charge in [0.25, 0.3) is 5.91 Å². The van der Waals surface area contributed by atoms with Crippen LogP contribution in [0.15, 0.2) is 29.6 Å². The lowest BCUT2D eigenvalue weighted by atomic mass is 10.1. The molecule has 2 aromatic rings. The second kappa shape index (κ2) is 5.20. The number of fused-ring (bicyclic) bond motifs is 1. The summed E-state index contributed by atoms with van der Waals surface area (Å²) in [5.41, 5.74) is 2.44. The monoisotopic (exact) mass is 288 g/mol. The second-order valence-corrected chi connectivity index (χ2v) is 5.79. The minimum Gasteiger partial charge on any atom is -0.373 e. The van der Waals surface area contributed by atoms with Crippen molar-refractivity contribution in [2.75, 3.05) is 29.9 Å². The smallest absolute Gasteiger partial charge is 0.279 e. The average molecular weight is 288 g/mol. The van der Waals surface area contributed by atoms with Crippen molar-refractivity contribution in [3.63, 3.8) is 0 Å². The van der Waals surface area contributed by atoms with Gasteiger partial charge in [-0.3, -0.25) is 4.79 Å². The zero-order valence-corrected chi connectivity index (χ0v) is 12.3. The normalized spacial score (nSPS) is 18.6. The van der Waals surface area contributed by atoms with Crippen molar-refractivity contribution >= 4 is 28.8 Å². The van der Waals surface area contributed by atoms with Crippen molar-refractivity contribution in [3.8, 4) is 0 Å². The third-order valence-electron chi connectivity index (χ3n) is 3.49. The van der Waals surface area contributed by atoms with E-state index in [1.165, 1.54) is 11.5 Å². The molecule has 1 aliphatic heterocycles. The van der Waals surface area contributed by atoms with Crippen LogP contribution in [0.1, 0.15) is 17.4 Å². The van der Waals surface area contributed by atoms with E-state index in [-0.39, 0.29) is 5.91 Å². The molecule has 20 heavy (non-hydrogen) atoms. The van der Waals surface area contributed by atoms with Crippen molar-refractivity contribution in [2.24, 2.45) is 5.92 Å². The molecular formula is C14H16N4OS. The Morgan fingerprint density at radius 3 is 2.75 bits per heavy atom. The molecule has 0 spiro atoms. The Hall–Kier alpha value is -1.95. The Balaban J connectivity index is 2.05.